The first-order chi connectivity index (χ1) is 10.6. The molecule has 1 aliphatic rings. The van der Waals surface area contributed by atoms with Crippen LogP contribution in [0.3, 0.4) is 0 Å². The molecule has 22 heavy (non-hydrogen) atoms. The second kappa shape index (κ2) is 6.50. The highest BCUT2D eigenvalue weighted by Gasteiger charge is 2.23. The molecule has 0 bridgehead atoms. The van der Waals surface area contributed by atoms with E-state index >= 15 is 0 Å². The lowest BCUT2D eigenvalue weighted by Gasteiger charge is -2.34. The van der Waals surface area contributed by atoms with Crippen LogP contribution in [0.25, 0.3) is 0 Å². The lowest BCUT2D eigenvalue weighted by atomic mass is 10.2. The molecule has 5 nitrogen and oxygen atoms in total. The summed E-state index contributed by atoms with van der Waals surface area (Å²) in [7, 11) is 0. The summed E-state index contributed by atoms with van der Waals surface area (Å²) >= 11 is 11.9. The van der Waals surface area contributed by atoms with Crippen LogP contribution in [0.5, 0.6) is 0 Å². The van der Waals surface area contributed by atoms with Gasteiger partial charge in [0.1, 0.15) is 0 Å². The molecule has 2 aromatic rings. The number of carbonyl (C=O) groups is 1. The predicted molar refractivity (Wildman–Crippen MR) is 86.6 cm³/mol. The van der Waals surface area contributed by atoms with Crippen LogP contribution in [-0.2, 0) is 0 Å². The topological polar surface area (TPSA) is 49.3 Å². The number of anilines is 1. The summed E-state index contributed by atoms with van der Waals surface area (Å²) in [5.41, 5.74) is 0.516. The van der Waals surface area contributed by atoms with Gasteiger partial charge in [0.05, 0.1) is 0 Å². The molecule has 0 radical (unpaired) electrons. The summed E-state index contributed by atoms with van der Waals surface area (Å²) in [4.78, 5) is 24.8. The minimum absolute atomic E-state index is 0.0574. The number of carbonyl (C=O) groups excluding carboxylic acids is 1. The summed E-state index contributed by atoms with van der Waals surface area (Å²) in [5.74, 6) is 0.637. The van der Waals surface area contributed by atoms with E-state index in [9.17, 15) is 4.79 Å². The molecule has 7 heteroatoms. The summed E-state index contributed by atoms with van der Waals surface area (Å²) in [6.07, 6.45) is 3.43. The van der Waals surface area contributed by atoms with Crippen molar-refractivity contribution in [3.63, 3.8) is 0 Å². The molecule has 0 N–H and O–H groups in total. The van der Waals surface area contributed by atoms with E-state index in [4.69, 9.17) is 23.2 Å². The van der Waals surface area contributed by atoms with Crippen molar-refractivity contribution in [2.45, 2.75) is 0 Å². The first kappa shape index (κ1) is 15.1. The third kappa shape index (κ3) is 3.31. The van der Waals surface area contributed by atoms with Crippen LogP contribution >= 0.6 is 23.2 Å². The van der Waals surface area contributed by atoms with E-state index in [0.717, 1.165) is 0 Å². The van der Waals surface area contributed by atoms with Crippen molar-refractivity contribution in [3.05, 3.63) is 52.3 Å². The van der Waals surface area contributed by atoms with Gasteiger partial charge in [0.15, 0.2) is 0 Å². The van der Waals surface area contributed by atoms with Crippen molar-refractivity contribution in [2.75, 3.05) is 31.1 Å². The highest BCUT2D eigenvalue weighted by molar-refractivity contribution is 6.35. The predicted octanol–water partition coefficient (Wildman–Crippen LogP) is 2.75. The van der Waals surface area contributed by atoms with Gasteiger partial charge in [-0.05, 0) is 24.3 Å². The Balaban J connectivity index is 1.67. The van der Waals surface area contributed by atoms with Crippen LogP contribution in [0, 0.1) is 0 Å². The third-order valence-corrected chi connectivity index (χ3v) is 3.95. The number of nitrogens with zero attached hydrogens (tertiary/aromatic N) is 4. The smallest absolute Gasteiger partial charge is 0.254 e. The van der Waals surface area contributed by atoms with E-state index in [1.165, 1.54) is 0 Å². The molecule has 0 atom stereocenters. The summed E-state index contributed by atoms with van der Waals surface area (Å²) in [6.45, 7) is 2.62. The molecule has 0 saturated carbocycles. The minimum atomic E-state index is -0.0574. The molecule has 0 spiro atoms. The van der Waals surface area contributed by atoms with E-state index in [1.54, 1.807) is 41.6 Å². The molecular weight excluding hydrogens is 323 g/mol. The van der Waals surface area contributed by atoms with Gasteiger partial charge in [-0.2, -0.15) is 0 Å². The lowest BCUT2D eigenvalue weighted by Crippen LogP contribution is -2.49. The number of rotatable bonds is 2. The molecule has 2 heterocycles. The average Bonchev–Trinajstić information content (AvgIpc) is 2.54. The zero-order chi connectivity index (χ0) is 15.5. The molecule has 0 unspecified atom stereocenters. The monoisotopic (exact) mass is 336 g/mol. The summed E-state index contributed by atoms with van der Waals surface area (Å²) in [6, 6.07) is 6.68. The van der Waals surface area contributed by atoms with Crippen LogP contribution in [0.4, 0.5) is 5.95 Å². The number of hydrogen-bond acceptors (Lipinski definition) is 4. The van der Waals surface area contributed by atoms with Gasteiger partial charge >= 0.3 is 0 Å². The molecule has 1 saturated heterocycles. The maximum absolute atomic E-state index is 12.5. The Morgan fingerprint density at radius 1 is 0.955 bits per heavy atom. The second-order valence-corrected chi connectivity index (χ2v) is 5.86. The number of piperazine rings is 1. The zero-order valence-electron chi connectivity index (χ0n) is 11.7. The summed E-state index contributed by atoms with van der Waals surface area (Å²) in [5, 5.41) is 0.930. The number of hydrogen-bond donors (Lipinski definition) is 0. The van der Waals surface area contributed by atoms with Crippen LogP contribution < -0.4 is 4.90 Å². The van der Waals surface area contributed by atoms with E-state index in [1.807, 2.05) is 0 Å². The van der Waals surface area contributed by atoms with Gasteiger partial charge in [-0.3, -0.25) is 4.79 Å². The highest BCUT2D eigenvalue weighted by atomic mass is 35.5. The molecule has 114 valence electrons. The Morgan fingerprint density at radius 2 is 1.55 bits per heavy atom. The van der Waals surface area contributed by atoms with E-state index in [2.05, 4.69) is 14.9 Å². The SMILES string of the molecule is O=C(c1cc(Cl)cc(Cl)c1)N1CCN(c2ncccn2)CC1. The molecule has 1 aromatic carbocycles. The molecule has 1 aromatic heterocycles. The van der Waals surface area contributed by atoms with Crippen molar-refractivity contribution in [1.82, 2.24) is 14.9 Å². The highest BCUT2D eigenvalue weighted by Crippen LogP contribution is 2.21. The van der Waals surface area contributed by atoms with Crippen molar-refractivity contribution in [2.24, 2.45) is 0 Å². The normalized spacial score (nSPS) is 15.0. The van der Waals surface area contributed by atoms with Crippen molar-refractivity contribution in [1.29, 1.82) is 0 Å². The fourth-order valence-corrected chi connectivity index (χ4v) is 2.95. The van der Waals surface area contributed by atoms with Crippen LogP contribution in [-0.4, -0.2) is 47.0 Å². The maximum Gasteiger partial charge on any atom is 0.254 e. The van der Waals surface area contributed by atoms with Crippen molar-refractivity contribution < 1.29 is 4.79 Å². The molecule has 1 amide bonds. The second-order valence-electron chi connectivity index (χ2n) is 4.99. The molecule has 3 rings (SSSR count). The Kier molecular flexibility index (Phi) is 4.45. The number of benzene rings is 1. The Morgan fingerprint density at radius 3 is 2.14 bits per heavy atom. The maximum atomic E-state index is 12.5. The van der Waals surface area contributed by atoms with Gasteiger partial charge in [-0.1, -0.05) is 23.2 Å². The minimum Gasteiger partial charge on any atom is -0.337 e. The molecule has 0 aliphatic carbocycles. The van der Waals surface area contributed by atoms with Gasteiger partial charge < -0.3 is 9.80 Å². The Hall–Kier alpha value is -1.85. The number of aromatic nitrogens is 2. The van der Waals surface area contributed by atoms with Gasteiger partial charge in [-0.15, -0.1) is 0 Å². The van der Waals surface area contributed by atoms with Crippen LogP contribution in [0.15, 0.2) is 36.7 Å². The van der Waals surface area contributed by atoms with E-state index < -0.39 is 0 Å². The van der Waals surface area contributed by atoms with E-state index in [-0.39, 0.29) is 5.91 Å². The van der Waals surface area contributed by atoms with Gasteiger partial charge in [0.2, 0.25) is 5.95 Å². The van der Waals surface area contributed by atoms with Gasteiger partial charge in [-0.25, -0.2) is 9.97 Å². The molecule has 1 aliphatic heterocycles. The van der Waals surface area contributed by atoms with Gasteiger partial charge in [0.25, 0.3) is 5.91 Å². The van der Waals surface area contributed by atoms with Crippen molar-refractivity contribution >= 4 is 35.1 Å². The van der Waals surface area contributed by atoms with Crippen LogP contribution in [0.2, 0.25) is 10.0 Å². The fourth-order valence-electron chi connectivity index (χ4n) is 2.42. The molecular formula is C15H14Cl2N4O. The lowest BCUT2D eigenvalue weighted by molar-refractivity contribution is 0.0746. The third-order valence-electron chi connectivity index (χ3n) is 3.51. The van der Waals surface area contributed by atoms with Crippen LogP contribution in [0.1, 0.15) is 10.4 Å². The van der Waals surface area contributed by atoms with Gasteiger partial charge in [0, 0.05) is 54.2 Å². The average molecular weight is 337 g/mol. The standard InChI is InChI=1S/C15H14Cl2N4O/c16-12-8-11(9-13(17)10-12)14(22)20-4-6-21(7-5-20)15-18-2-1-3-19-15/h1-3,8-10H,4-7H2. The number of amides is 1. The first-order valence-corrected chi connectivity index (χ1v) is 7.66. The summed E-state index contributed by atoms with van der Waals surface area (Å²) < 4.78 is 0. The fraction of sp³-hybridized carbons (Fsp3) is 0.267. The Bertz CT molecular complexity index is 652. The largest absolute Gasteiger partial charge is 0.337 e. The van der Waals surface area contributed by atoms with E-state index in [0.29, 0.717) is 47.7 Å². The first-order valence-electron chi connectivity index (χ1n) is 6.91. The van der Waals surface area contributed by atoms with Crippen molar-refractivity contribution in [3.8, 4) is 0 Å². The number of halogens is 2. The molecule has 1 fully saturated rings. The zero-order valence-corrected chi connectivity index (χ0v) is 13.3. The quantitative estimate of drug-likeness (QED) is 0.846. The Labute approximate surface area is 138 Å².